The van der Waals surface area contributed by atoms with Crippen molar-refractivity contribution in [1.29, 1.82) is 0 Å². The van der Waals surface area contributed by atoms with Gasteiger partial charge >= 0.3 is 6.09 Å². The standard InChI is InChI=1S/C26H32N4O3.ClH/c1-2-33-26(32)27-21-12-11-20-10-9-19-6-3-4-8-23(19)30(24(20)16-21)25(31)18-28-14-15-29-13-5-7-22(29)17-28;/h3-4,6,8,11-12,16,22H,2,5,7,9-10,13-15,17-18H2,1H3,(H,27,32);1H/p-1. The second-order valence-corrected chi connectivity index (χ2v) is 9.11. The van der Waals surface area contributed by atoms with Gasteiger partial charge in [0.05, 0.1) is 24.5 Å². The Balaban J connectivity index is 0.00000274. The zero-order chi connectivity index (χ0) is 22.8. The molecule has 2 aromatic rings. The highest BCUT2D eigenvalue weighted by Gasteiger charge is 2.33. The van der Waals surface area contributed by atoms with Gasteiger partial charge in [-0.15, -0.1) is 0 Å². The molecule has 3 aliphatic heterocycles. The molecule has 2 amide bonds. The molecule has 0 saturated carbocycles. The zero-order valence-corrected chi connectivity index (χ0v) is 20.4. The van der Waals surface area contributed by atoms with Gasteiger partial charge in [-0.05, 0) is 68.5 Å². The van der Waals surface area contributed by atoms with Crippen molar-refractivity contribution in [2.45, 2.75) is 38.6 Å². The number of rotatable bonds is 4. The maximum atomic E-state index is 13.8. The lowest BCUT2D eigenvalue weighted by atomic mass is 10.0. The molecule has 5 rings (SSSR count). The molecule has 0 spiro atoms. The molecule has 2 saturated heterocycles. The number of nitrogens with one attached hydrogen (secondary N) is 1. The van der Waals surface area contributed by atoms with Crippen LogP contribution in [0.3, 0.4) is 0 Å². The first kappa shape index (κ1) is 24.5. The second kappa shape index (κ2) is 10.8. The van der Waals surface area contributed by atoms with Crippen molar-refractivity contribution in [3.8, 4) is 0 Å². The molecule has 0 bridgehead atoms. The SMILES string of the molecule is CCOC(=O)Nc1ccc2c(c1)N(C(=O)CN1CCN3CCCC3C1)c1ccccc1CC2.[Cl-]. The Bertz CT molecular complexity index is 1050. The third-order valence-electron chi connectivity index (χ3n) is 7.02. The predicted octanol–water partition coefficient (Wildman–Crippen LogP) is 0.802. The van der Waals surface area contributed by atoms with Crippen LogP contribution in [0.4, 0.5) is 21.9 Å². The maximum absolute atomic E-state index is 13.8. The Labute approximate surface area is 207 Å². The van der Waals surface area contributed by atoms with E-state index in [1.165, 1.54) is 24.9 Å². The fourth-order valence-electron chi connectivity index (χ4n) is 5.42. The number of ether oxygens (including phenoxy) is 1. The van der Waals surface area contributed by atoms with Crippen molar-refractivity contribution >= 4 is 29.1 Å². The van der Waals surface area contributed by atoms with Crippen molar-refractivity contribution in [3.63, 3.8) is 0 Å². The zero-order valence-electron chi connectivity index (χ0n) is 19.6. The molecule has 7 nitrogen and oxygen atoms in total. The Morgan fingerprint density at radius 1 is 1.03 bits per heavy atom. The van der Waals surface area contributed by atoms with E-state index in [0.717, 1.165) is 49.4 Å². The number of amides is 2. The van der Waals surface area contributed by atoms with Gasteiger partial charge in [0.2, 0.25) is 5.91 Å². The highest BCUT2D eigenvalue weighted by Crippen LogP contribution is 2.38. The van der Waals surface area contributed by atoms with E-state index in [1.807, 2.05) is 41.3 Å². The predicted molar refractivity (Wildman–Crippen MR) is 129 cm³/mol. The van der Waals surface area contributed by atoms with E-state index in [0.29, 0.717) is 24.9 Å². The molecule has 3 heterocycles. The van der Waals surface area contributed by atoms with Crippen LogP contribution in [-0.4, -0.2) is 67.2 Å². The third kappa shape index (κ3) is 5.06. The molecule has 0 aromatic heterocycles. The molecule has 2 aromatic carbocycles. The monoisotopic (exact) mass is 483 g/mol. The van der Waals surface area contributed by atoms with E-state index < -0.39 is 6.09 Å². The molecule has 2 fully saturated rings. The average molecular weight is 484 g/mol. The minimum atomic E-state index is -0.487. The van der Waals surface area contributed by atoms with Crippen LogP contribution in [0.15, 0.2) is 42.5 Å². The largest absolute Gasteiger partial charge is 1.00 e. The number of anilines is 3. The number of para-hydroxylation sites is 1. The summed E-state index contributed by atoms with van der Waals surface area (Å²) in [5.74, 6) is 0.0744. The quantitative estimate of drug-likeness (QED) is 0.697. The van der Waals surface area contributed by atoms with Crippen molar-refractivity contribution in [3.05, 3.63) is 53.6 Å². The lowest BCUT2D eigenvalue weighted by molar-refractivity contribution is -0.119. The summed E-state index contributed by atoms with van der Waals surface area (Å²) in [6, 6.07) is 14.5. The lowest BCUT2D eigenvalue weighted by Gasteiger charge is -2.38. The molecular formula is C26H32ClN4O3-. The maximum Gasteiger partial charge on any atom is 0.411 e. The second-order valence-electron chi connectivity index (χ2n) is 9.11. The van der Waals surface area contributed by atoms with Gasteiger partial charge in [0.1, 0.15) is 0 Å². The Hall–Kier alpha value is -2.61. The van der Waals surface area contributed by atoms with E-state index in [1.54, 1.807) is 6.92 Å². The fraction of sp³-hybridized carbons (Fsp3) is 0.462. The summed E-state index contributed by atoms with van der Waals surface area (Å²) in [6.07, 6.45) is 3.71. The number of fused-ring (bicyclic) bond motifs is 3. The number of nitrogens with zero attached hydrogens (tertiary/aromatic N) is 3. The molecule has 1 atom stereocenters. The minimum absolute atomic E-state index is 0. The number of benzene rings is 2. The number of carbonyl (C=O) groups excluding carboxylic acids is 2. The minimum Gasteiger partial charge on any atom is -1.00 e. The number of aryl methyl sites for hydroxylation is 2. The summed E-state index contributed by atoms with van der Waals surface area (Å²) in [5, 5.41) is 2.79. The third-order valence-corrected chi connectivity index (χ3v) is 7.02. The number of piperazine rings is 1. The molecule has 3 aliphatic rings. The molecular weight excluding hydrogens is 452 g/mol. The molecule has 34 heavy (non-hydrogen) atoms. The van der Waals surface area contributed by atoms with Crippen LogP contribution < -0.4 is 22.6 Å². The molecule has 8 heteroatoms. The van der Waals surface area contributed by atoms with Gasteiger partial charge in [0.15, 0.2) is 0 Å². The normalized spacial score (nSPS) is 19.8. The van der Waals surface area contributed by atoms with Crippen LogP contribution >= 0.6 is 0 Å². The van der Waals surface area contributed by atoms with Crippen LogP contribution in [0.25, 0.3) is 0 Å². The van der Waals surface area contributed by atoms with E-state index in [9.17, 15) is 9.59 Å². The van der Waals surface area contributed by atoms with Crippen molar-refractivity contribution in [2.24, 2.45) is 0 Å². The van der Waals surface area contributed by atoms with E-state index in [4.69, 9.17) is 4.74 Å². The average Bonchev–Trinajstić information content (AvgIpc) is 3.20. The Morgan fingerprint density at radius 2 is 1.82 bits per heavy atom. The fourth-order valence-corrected chi connectivity index (χ4v) is 5.42. The molecule has 1 N–H and O–H groups in total. The number of halogens is 1. The van der Waals surface area contributed by atoms with Gasteiger partial charge in [0.25, 0.3) is 0 Å². The van der Waals surface area contributed by atoms with Crippen LogP contribution in [0.2, 0.25) is 0 Å². The topological polar surface area (TPSA) is 65.1 Å². The number of hydrogen-bond acceptors (Lipinski definition) is 5. The molecule has 0 aliphatic carbocycles. The summed E-state index contributed by atoms with van der Waals surface area (Å²) in [6.45, 7) is 6.60. The first-order chi connectivity index (χ1) is 16.1. The van der Waals surface area contributed by atoms with Gasteiger partial charge < -0.3 is 17.1 Å². The smallest absolute Gasteiger partial charge is 0.411 e. The van der Waals surface area contributed by atoms with Gasteiger partial charge in [-0.1, -0.05) is 24.3 Å². The summed E-state index contributed by atoms with van der Waals surface area (Å²) < 4.78 is 5.04. The van der Waals surface area contributed by atoms with Crippen molar-refractivity contribution < 1.29 is 26.7 Å². The van der Waals surface area contributed by atoms with Gasteiger partial charge in [0, 0.05) is 31.4 Å². The van der Waals surface area contributed by atoms with Gasteiger partial charge in [-0.25, -0.2) is 4.79 Å². The molecule has 182 valence electrons. The van der Waals surface area contributed by atoms with E-state index >= 15 is 0 Å². The van der Waals surface area contributed by atoms with Gasteiger partial charge in [-0.3, -0.25) is 24.8 Å². The van der Waals surface area contributed by atoms with Crippen LogP contribution in [-0.2, 0) is 22.4 Å². The number of carbonyl (C=O) groups is 2. The van der Waals surface area contributed by atoms with Crippen molar-refractivity contribution in [1.82, 2.24) is 9.80 Å². The van der Waals surface area contributed by atoms with Crippen LogP contribution in [0.5, 0.6) is 0 Å². The summed E-state index contributed by atoms with van der Waals surface area (Å²) in [4.78, 5) is 32.6. The lowest BCUT2D eigenvalue weighted by Crippen LogP contribution is -3.00. The highest BCUT2D eigenvalue weighted by molar-refractivity contribution is 6.04. The van der Waals surface area contributed by atoms with E-state index in [2.05, 4.69) is 21.2 Å². The summed E-state index contributed by atoms with van der Waals surface area (Å²) in [7, 11) is 0. The summed E-state index contributed by atoms with van der Waals surface area (Å²) >= 11 is 0. The Morgan fingerprint density at radius 3 is 2.65 bits per heavy atom. The first-order valence-corrected chi connectivity index (χ1v) is 12.1. The van der Waals surface area contributed by atoms with Crippen molar-refractivity contribution in [2.75, 3.05) is 49.5 Å². The van der Waals surface area contributed by atoms with Crippen LogP contribution in [0.1, 0.15) is 30.9 Å². The van der Waals surface area contributed by atoms with Gasteiger partial charge in [-0.2, -0.15) is 0 Å². The first-order valence-electron chi connectivity index (χ1n) is 12.1. The number of hydrogen-bond donors (Lipinski definition) is 1. The molecule has 1 unspecified atom stereocenters. The molecule has 0 radical (unpaired) electrons. The van der Waals surface area contributed by atoms with Crippen LogP contribution in [0, 0.1) is 0 Å². The highest BCUT2D eigenvalue weighted by atomic mass is 35.5. The summed E-state index contributed by atoms with van der Waals surface area (Å²) in [5.41, 5.74) is 4.69. The van der Waals surface area contributed by atoms with E-state index in [-0.39, 0.29) is 18.3 Å². The Kier molecular flexibility index (Phi) is 7.76.